The van der Waals surface area contributed by atoms with Crippen LogP contribution in [0.2, 0.25) is 10.3 Å². The lowest BCUT2D eigenvalue weighted by Gasteiger charge is -2.29. The molecule has 0 radical (unpaired) electrons. The van der Waals surface area contributed by atoms with Crippen molar-refractivity contribution < 1.29 is 22.7 Å². The summed E-state index contributed by atoms with van der Waals surface area (Å²) in [5.41, 5.74) is -2.85. The molecule has 1 fully saturated rings. The molecule has 1 saturated heterocycles. The van der Waals surface area contributed by atoms with Gasteiger partial charge >= 0.3 is 6.18 Å². The second-order valence-electron chi connectivity index (χ2n) is 6.07. The van der Waals surface area contributed by atoms with Crippen molar-refractivity contribution in [2.24, 2.45) is 0 Å². The molecule has 4 nitrogen and oxygen atoms in total. The summed E-state index contributed by atoms with van der Waals surface area (Å²) in [6, 6.07) is 1.43. The van der Waals surface area contributed by atoms with Crippen molar-refractivity contribution in [2.75, 3.05) is 18.0 Å². The van der Waals surface area contributed by atoms with E-state index < -0.39 is 30.4 Å². The Morgan fingerprint density at radius 3 is 2.54 bits per heavy atom. The van der Waals surface area contributed by atoms with Crippen LogP contribution in [0.3, 0.4) is 0 Å². The molecule has 2 heterocycles. The van der Waals surface area contributed by atoms with E-state index in [0.717, 1.165) is 0 Å². The Labute approximate surface area is 164 Å². The molecule has 2 aromatic rings. The van der Waals surface area contributed by atoms with Gasteiger partial charge in [-0.3, -0.25) is 0 Å². The van der Waals surface area contributed by atoms with Crippen LogP contribution in [0.1, 0.15) is 19.3 Å². The number of anilines is 1. The SMILES string of the molecule is OC1(C(F)(F)F)CCCN(c2nc(Cl)nc3c(F)c(Br)c(Cl)cc23)CC1. The summed E-state index contributed by atoms with van der Waals surface area (Å²) in [7, 11) is 0. The minimum atomic E-state index is -4.73. The van der Waals surface area contributed by atoms with Gasteiger partial charge in [0.1, 0.15) is 11.3 Å². The molecule has 0 saturated carbocycles. The van der Waals surface area contributed by atoms with E-state index >= 15 is 0 Å². The normalized spacial score (nSPS) is 21.9. The summed E-state index contributed by atoms with van der Waals surface area (Å²) in [5.74, 6) is -0.556. The number of rotatable bonds is 1. The highest BCUT2D eigenvalue weighted by molar-refractivity contribution is 9.10. The number of fused-ring (bicyclic) bond motifs is 1. The van der Waals surface area contributed by atoms with Gasteiger partial charge in [0.15, 0.2) is 11.4 Å². The van der Waals surface area contributed by atoms with E-state index in [-0.39, 0.29) is 51.0 Å². The molecule has 0 aliphatic carbocycles. The molecule has 142 valence electrons. The number of aromatic nitrogens is 2. The lowest BCUT2D eigenvalue weighted by atomic mass is 9.94. The van der Waals surface area contributed by atoms with E-state index in [9.17, 15) is 22.7 Å². The predicted molar refractivity (Wildman–Crippen MR) is 94.3 cm³/mol. The number of aliphatic hydroxyl groups is 1. The van der Waals surface area contributed by atoms with Gasteiger partial charge in [-0.25, -0.2) is 9.37 Å². The van der Waals surface area contributed by atoms with Crippen molar-refractivity contribution in [3.8, 4) is 0 Å². The highest BCUT2D eigenvalue weighted by atomic mass is 79.9. The summed E-state index contributed by atoms with van der Waals surface area (Å²) in [6.07, 6.45) is -5.61. The van der Waals surface area contributed by atoms with Crippen LogP contribution >= 0.6 is 39.1 Å². The van der Waals surface area contributed by atoms with Gasteiger partial charge in [-0.15, -0.1) is 0 Å². The largest absolute Gasteiger partial charge is 0.417 e. The first-order chi connectivity index (χ1) is 12.0. The third-order valence-corrected chi connectivity index (χ3v) is 5.89. The van der Waals surface area contributed by atoms with Crippen LogP contribution in [0.4, 0.5) is 23.4 Å². The summed E-state index contributed by atoms with van der Waals surface area (Å²) >= 11 is 14.9. The third kappa shape index (κ3) is 3.46. The molecule has 1 unspecified atom stereocenters. The number of halogens is 7. The third-order valence-electron chi connectivity index (χ3n) is 4.42. The minimum absolute atomic E-state index is 0.00898. The van der Waals surface area contributed by atoms with Crippen molar-refractivity contribution >= 4 is 55.9 Å². The van der Waals surface area contributed by atoms with Gasteiger partial charge in [-0.05, 0) is 46.4 Å². The molecule has 1 aliphatic rings. The van der Waals surface area contributed by atoms with Crippen molar-refractivity contribution in [3.05, 3.63) is 26.7 Å². The molecule has 1 aliphatic heterocycles. The van der Waals surface area contributed by atoms with Gasteiger partial charge < -0.3 is 10.0 Å². The fourth-order valence-electron chi connectivity index (χ4n) is 2.99. The van der Waals surface area contributed by atoms with Crippen LogP contribution in [-0.2, 0) is 0 Å². The number of alkyl halides is 3. The maximum absolute atomic E-state index is 14.5. The van der Waals surface area contributed by atoms with Crippen LogP contribution in [-0.4, -0.2) is 39.9 Å². The van der Waals surface area contributed by atoms with Crippen LogP contribution in [0.5, 0.6) is 0 Å². The molecule has 26 heavy (non-hydrogen) atoms. The summed E-state index contributed by atoms with van der Waals surface area (Å²) in [4.78, 5) is 9.45. The quantitative estimate of drug-likeness (QED) is 0.352. The minimum Gasteiger partial charge on any atom is -0.380 e. The molecule has 0 bridgehead atoms. The molecule has 0 spiro atoms. The van der Waals surface area contributed by atoms with Gasteiger partial charge in [0, 0.05) is 24.9 Å². The average Bonchev–Trinajstić information content (AvgIpc) is 2.75. The lowest BCUT2D eigenvalue weighted by Crippen LogP contribution is -2.45. The van der Waals surface area contributed by atoms with Crippen molar-refractivity contribution in [1.29, 1.82) is 0 Å². The second kappa shape index (κ2) is 6.92. The molecule has 1 aromatic carbocycles. The number of benzene rings is 1. The van der Waals surface area contributed by atoms with E-state index in [1.165, 1.54) is 11.0 Å². The molecule has 3 rings (SSSR count). The zero-order valence-corrected chi connectivity index (χ0v) is 16.1. The fraction of sp³-hybridized carbons (Fsp3) is 0.467. The molecular formula is C15H12BrCl2F4N3O. The molecule has 1 atom stereocenters. The highest BCUT2D eigenvalue weighted by Gasteiger charge is 2.53. The summed E-state index contributed by atoms with van der Waals surface area (Å²) < 4.78 is 53.8. The number of nitrogens with zero attached hydrogens (tertiary/aromatic N) is 3. The Balaban J connectivity index is 2.06. The fourth-order valence-corrected chi connectivity index (χ4v) is 3.64. The Bertz CT molecular complexity index is 867. The predicted octanol–water partition coefficient (Wildman–Crippen LogP) is 5.12. The van der Waals surface area contributed by atoms with E-state index in [1.807, 2.05) is 0 Å². The molecule has 0 amide bonds. The van der Waals surface area contributed by atoms with E-state index in [0.29, 0.717) is 0 Å². The highest BCUT2D eigenvalue weighted by Crippen LogP contribution is 2.40. The number of hydrogen-bond acceptors (Lipinski definition) is 4. The Kier molecular flexibility index (Phi) is 5.29. The van der Waals surface area contributed by atoms with Gasteiger partial charge in [0.05, 0.1) is 9.50 Å². The average molecular weight is 477 g/mol. The maximum atomic E-state index is 14.5. The van der Waals surface area contributed by atoms with Gasteiger partial charge in [0.2, 0.25) is 5.28 Å². The van der Waals surface area contributed by atoms with Crippen LogP contribution < -0.4 is 4.90 Å². The Hall–Kier alpha value is -0.900. The molecule has 11 heteroatoms. The first-order valence-corrected chi connectivity index (χ1v) is 9.13. The van der Waals surface area contributed by atoms with Gasteiger partial charge in [0.25, 0.3) is 0 Å². The Morgan fingerprint density at radius 2 is 1.88 bits per heavy atom. The van der Waals surface area contributed by atoms with Crippen molar-refractivity contribution in [3.63, 3.8) is 0 Å². The monoisotopic (exact) mass is 475 g/mol. The standard InChI is InChI=1S/C15H12BrCl2F4N3O/c16-9-8(17)6-7-11(10(9)19)23-13(18)24-12(7)25-4-1-2-14(26,3-5-25)15(20,21)22/h6,26H,1-5H2. The number of hydrogen-bond donors (Lipinski definition) is 1. The van der Waals surface area contributed by atoms with E-state index in [2.05, 4.69) is 25.9 Å². The van der Waals surface area contributed by atoms with Crippen LogP contribution in [0.15, 0.2) is 10.5 Å². The molecule has 1 N–H and O–H groups in total. The van der Waals surface area contributed by atoms with Gasteiger partial charge in [-0.1, -0.05) is 11.6 Å². The first kappa shape index (κ1) is 19.9. The topological polar surface area (TPSA) is 49.2 Å². The van der Waals surface area contributed by atoms with Gasteiger partial charge in [-0.2, -0.15) is 18.2 Å². The van der Waals surface area contributed by atoms with E-state index in [1.54, 1.807) is 0 Å². The molecular weight excluding hydrogens is 465 g/mol. The zero-order chi connectivity index (χ0) is 19.3. The first-order valence-electron chi connectivity index (χ1n) is 7.58. The van der Waals surface area contributed by atoms with Crippen LogP contribution in [0.25, 0.3) is 10.9 Å². The summed E-state index contributed by atoms with van der Waals surface area (Å²) in [5, 5.41) is 10.0. The maximum Gasteiger partial charge on any atom is 0.417 e. The molecule has 1 aromatic heterocycles. The Morgan fingerprint density at radius 1 is 1.19 bits per heavy atom. The lowest BCUT2D eigenvalue weighted by molar-refractivity contribution is -0.263. The van der Waals surface area contributed by atoms with Crippen molar-refractivity contribution in [2.45, 2.75) is 31.0 Å². The smallest absolute Gasteiger partial charge is 0.380 e. The van der Waals surface area contributed by atoms with Crippen molar-refractivity contribution in [1.82, 2.24) is 9.97 Å². The second-order valence-corrected chi connectivity index (χ2v) is 7.61. The van der Waals surface area contributed by atoms with Crippen LogP contribution in [0, 0.1) is 5.82 Å². The van der Waals surface area contributed by atoms with E-state index in [4.69, 9.17) is 23.2 Å². The summed E-state index contributed by atoms with van der Waals surface area (Å²) in [6.45, 7) is 0.0594. The zero-order valence-electron chi connectivity index (χ0n) is 13.0.